The Hall–Kier alpha value is -0.120. The largest absolute Gasteiger partial charge is 0.328 e. The lowest BCUT2D eigenvalue weighted by Gasteiger charge is -2.30. The van der Waals surface area contributed by atoms with Gasteiger partial charge in [-0.1, -0.05) is 6.92 Å². The van der Waals surface area contributed by atoms with Crippen LogP contribution in [0, 0.1) is 5.92 Å². The van der Waals surface area contributed by atoms with E-state index in [4.69, 9.17) is 5.73 Å². The number of nitrogens with one attached hydrogen (secondary N) is 1. The Morgan fingerprint density at radius 2 is 1.94 bits per heavy atom. The summed E-state index contributed by atoms with van der Waals surface area (Å²) in [5.41, 5.74) is 5.90. The fraction of sp³-hybridized carbons (Fsp3) is 1.00. The average molecular weight is 225 g/mol. The van der Waals surface area contributed by atoms with E-state index in [-0.39, 0.29) is 0 Å². The minimum atomic E-state index is 0.458. The molecule has 0 aromatic heterocycles. The van der Waals surface area contributed by atoms with Gasteiger partial charge in [-0.15, -0.1) is 0 Å². The van der Waals surface area contributed by atoms with Gasteiger partial charge in [0.1, 0.15) is 0 Å². The zero-order valence-corrected chi connectivity index (χ0v) is 10.6. The first-order valence-corrected chi connectivity index (χ1v) is 6.95. The van der Waals surface area contributed by atoms with Crippen LogP contribution in [0.1, 0.15) is 39.0 Å². The molecule has 0 spiro atoms. The molecule has 94 valence electrons. The van der Waals surface area contributed by atoms with Crippen LogP contribution in [0.5, 0.6) is 0 Å². The Morgan fingerprint density at radius 1 is 1.19 bits per heavy atom. The third-order valence-corrected chi connectivity index (χ3v) is 4.19. The molecule has 0 bridgehead atoms. The molecular formula is C13H27N3. The van der Waals surface area contributed by atoms with Crippen molar-refractivity contribution in [2.45, 2.75) is 51.1 Å². The molecule has 2 atom stereocenters. The van der Waals surface area contributed by atoms with Crippen molar-refractivity contribution < 1.29 is 0 Å². The van der Waals surface area contributed by atoms with Gasteiger partial charge in [0.15, 0.2) is 0 Å². The molecule has 0 aromatic carbocycles. The van der Waals surface area contributed by atoms with Crippen LogP contribution >= 0.6 is 0 Å². The third-order valence-electron chi connectivity index (χ3n) is 4.19. The summed E-state index contributed by atoms with van der Waals surface area (Å²) in [6.07, 6.45) is 6.54. The molecule has 1 heterocycles. The molecule has 1 saturated heterocycles. The van der Waals surface area contributed by atoms with E-state index >= 15 is 0 Å². The van der Waals surface area contributed by atoms with Gasteiger partial charge in [-0.05, 0) is 51.1 Å². The van der Waals surface area contributed by atoms with Gasteiger partial charge in [0, 0.05) is 25.2 Å². The highest BCUT2D eigenvalue weighted by molar-refractivity contribution is 4.79. The molecule has 3 N–H and O–H groups in total. The van der Waals surface area contributed by atoms with Crippen molar-refractivity contribution in [3.8, 4) is 0 Å². The molecule has 0 amide bonds. The highest BCUT2D eigenvalue weighted by atomic mass is 15.1. The zero-order valence-electron chi connectivity index (χ0n) is 10.6. The first kappa shape index (κ1) is 12.3. The first-order valence-electron chi connectivity index (χ1n) is 6.95. The van der Waals surface area contributed by atoms with Gasteiger partial charge in [0.25, 0.3) is 0 Å². The zero-order chi connectivity index (χ0) is 11.4. The molecule has 2 fully saturated rings. The van der Waals surface area contributed by atoms with Gasteiger partial charge in [0.2, 0.25) is 0 Å². The maximum absolute atomic E-state index is 5.90. The van der Waals surface area contributed by atoms with E-state index in [0.717, 1.165) is 18.5 Å². The van der Waals surface area contributed by atoms with Crippen molar-refractivity contribution in [3.05, 3.63) is 0 Å². The van der Waals surface area contributed by atoms with E-state index in [2.05, 4.69) is 17.1 Å². The van der Waals surface area contributed by atoms with E-state index in [9.17, 15) is 0 Å². The van der Waals surface area contributed by atoms with Crippen LogP contribution < -0.4 is 11.1 Å². The number of nitrogens with zero attached hydrogens (tertiary/aromatic N) is 1. The predicted molar refractivity (Wildman–Crippen MR) is 68.5 cm³/mol. The second-order valence-corrected chi connectivity index (χ2v) is 5.75. The Labute approximate surface area is 99.8 Å². The lowest BCUT2D eigenvalue weighted by Crippen LogP contribution is -2.43. The van der Waals surface area contributed by atoms with Crippen LogP contribution in [-0.2, 0) is 0 Å². The molecule has 16 heavy (non-hydrogen) atoms. The third kappa shape index (κ3) is 3.72. The van der Waals surface area contributed by atoms with Gasteiger partial charge < -0.3 is 16.0 Å². The molecule has 1 aliphatic carbocycles. The SMILES string of the molecule is CC1CCC(NCCN2CCC(N)CC2)C1. The van der Waals surface area contributed by atoms with Gasteiger partial charge in [-0.25, -0.2) is 0 Å². The maximum atomic E-state index is 5.90. The van der Waals surface area contributed by atoms with Crippen molar-refractivity contribution >= 4 is 0 Å². The molecule has 1 aliphatic heterocycles. The second-order valence-electron chi connectivity index (χ2n) is 5.75. The highest BCUT2D eigenvalue weighted by Gasteiger charge is 2.21. The van der Waals surface area contributed by atoms with E-state index in [1.54, 1.807) is 0 Å². The second kappa shape index (κ2) is 5.99. The van der Waals surface area contributed by atoms with E-state index in [1.165, 1.54) is 51.7 Å². The first-order chi connectivity index (χ1) is 7.74. The highest BCUT2D eigenvalue weighted by Crippen LogP contribution is 2.24. The van der Waals surface area contributed by atoms with Crippen LogP contribution in [-0.4, -0.2) is 43.2 Å². The number of hydrogen-bond donors (Lipinski definition) is 2. The molecule has 2 aliphatic rings. The lowest BCUT2D eigenvalue weighted by atomic mass is 10.1. The Kier molecular flexibility index (Phi) is 4.62. The molecule has 3 nitrogen and oxygen atoms in total. The van der Waals surface area contributed by atoms with Crippen molar-refractivity contribution in [1.82, 2.24) is 10.2 Å². The topological polar surface area (TPSA) is 41.3 Å². The van der Waals surface area contributed by atoms with Crippen molar-refractivity contribution in [2.24, 2.45) is 11.7 Å². The number of piperidine rings is 1. The molecule has 3 heteroatoms. The van der Waals surface area contributed by atoms with Crippen LogP contribution in [0.15, 0.2) is 0 Å². The van der Waals surface area contributed by atoms with Crippen LogP contribution in [0.3, 0.4) is 0 Å². The van der Waals surface area contributed by atoms with Crippen LogP contribution in [0.4, 0.5) is 0 Å². The van der Waals surface area contributed by atoms with Gasteiger partial charge in [-0.2, -0.15) is 0 Å². The molecule has 0 aromatic rings. The lowest BCUT2D eigenvalue weighted by molar-refractivity contribution is 0.211. The van der Waals surface area contributed by atoms with E-state index < -0.39 is 0 Å². The summed E-state index contributed by atoms with van der Waals surface area (Å²) in [7, 11) is 0. The Bertz CT molecular complexity index is 199. The number of likely N-dealkylation sites (tertiary alicyclic amines) is 1. The maximum Gasteiger partial charge on any atom is 0.0107 e. The van der Waals surface area contributed by atoms with Crippen LogP contribution in [0.25, 0.3) is 0 Å². The van der Waals surface area contributed by atoms with Crippen molar-refractivity contribution in [3.63, 3.8) is 0 Å². The quantitative estimate of drug-likeness (QED) is 0.755. The fourth-order valence-corrected chi connectivity index (χ4v) is 3.00. The summed E-state index contributed by atoms with van der Waals surface area (Å²) in [5, 5.41) is 3.70. The summed E-state index contributed by atoms with van der Waals surface area (Å²) in [4.78, 5) is 2.55. The van der Waals surface area contributed by atoms with Gasteiger partial charge >= 0.3 is 0 Å². The van der Waals surface area contributed by atoms with Crippen molar-refractivity contribution in [2.75, 3.05) is 26.2 Å². The van der Waals surface area contributed by atoms with E-state index in [0.29, 0.717) is 6.04 Å². The summed E-state index contributed by atoms with van der Waals surface area (Å²) in [6, 6.07) is 1.25. The molecule has 2 rings (SSSR count). The minimum absolute atomic E-state index is 0.458. The van der Waals surface area contributed by atoms with Gasteiger partial charge in [0.05, 0.1) is 0 Å². The summed E-state index contributed by atoms with van der Waals surface area (Å²) < 4.78 is 0. The normalized spacial score (nSPS) is 33.4. The number of nitrogens with two attached hydrogens (primary N) is 1. The summed E-state index contributed by atoms with van der Waals surface area (Å²) in [6.45, 7) is 7.13. The summed E-state index contributed by atoms with van der Waals surface area (Å²) >= 11 is 0. The number of hydrogen-bond acceptors (Lipinski definition) is 3. The Balaban J connectivity index is 1.54. The fourth-order valence-electron chi connectivity index (χ4n) is 3.00. The molecule has 2 unspecified atom stereocenters. The smallest absolute Gasteiger partial charge is 0.0107 e. The van der Waals surface area contributed by atoms with Crippen LogP contribution in [0.2, 0.25) is 0 Å². The molecular weight excluding hydrogens is 198 g/mol. The monoisotopic (exact) mass is 225 g/mol. The average Bonchev–Trinajstić information content (AvgIpc) is 2.67. The minimum Gasteiger partial charge on any atom is -0.328 e. The molecule has 1 saturated carbocycles. The van der Waals surface area contributed by atoms with Crippen molar-refractivity contribution in [1.29, 1.82) is 0 Å². The molecule has 0 radical (unpaired) electrons. The van der Waals surface area contributed by atoms with Gasteiger partial charge in [-0.3, -0.25) is 0 Å². The number of rotatable bonds is 4. The Morgan fingerprint density at radius 3 is 2.56 bits per heavy atom. The standard InChI is InChI=1S/C13H27N3/c1-11-2-3-13(10-11)15-6-9-16-7-4-12(14)5-8-16/h11-13,15H,2-10,14H2,1H3. The summed E-state index contributed by atoms with van der Waals surface area (Å²) in [5.74, 6) is 0.936. The van der Waals surface area contributed by atoms with E-state index in [1.807, 2.05) is 0 Å². The predicted octanol–water partition coefficient (Wildman–Crippen LogP) is 1.19.